The van der Waals surface area contributed by atoms with E-state index in [1.807, 2.05) is 32.0 Å². The molecule has 1 aliphatic heterocycles. The Morgan fingerprint density at radius 1 is 1.25 bits per heavy atom. The van der Waals surface area contributed by atoms with Gasteiger partial charge in [-0.1, -0.05) is 26.0 Å². The van der Waals surface area contributed by atoms with Crippen molar-refractivity contribution < 1.29 is 19.1 Å². The zero-order valence-corrected chi connectivity index (χ0v) is 17.6. The van der Waals surface area contributed by atoms with E-state index in [2.05, 4.69) is 19.2 Å². The Labute approximate surface area is 166 Å². The number of methoxy groups -OCH3 is 1. The molecule has 2 aliphatic rings. The van der Waals surface area contributed by atoms with Crippen LogP contribution in [0.2, 0.25) is 0 Å². The average Bonchev–Trinajstić information content (AvgIpc) is 2.59. The summed E-state index contributed by atoms with van der Waals surface area (Å²) in [7, 11) is 1.63. The number of carbonyl (C=O) groups is 2. The minimum absolute atomic E-state index is 0.0894. The van der Waals surface area contributed by atoms with E-state index >= 15 is 0 Å². The summed E-state index contributed by atoms with van der Waals surface area (Å²) in [6, 6.07) is 5.83. The molecule has 1 aromatic carbocycles. The number of carbonyl (C=O) groups excluding carboxylic acids is 2. The van der Waals surface area contributed by atoms with E-state index in [0.717, 1.165) is 34.7 Å². The van der Waals surface area contributed by atoms with Crippen LogP contribution in [-0.2, 0) is 14.3 Å². The minimum Gasteiger partial charge on any atom is -0.496 e. The third kappa shape index (κ3) is 3.58. The minimum atomic E-state index is -0.427. The van der Waals surface area contributed by atoms with Crippen molar-refractivity contribution in [3.63, 3.8) is 0 Å². The van der Waals surface area contributed by atoms with E-state index in [0.29, 0.717) is 17.6 Å². The monoisotopic (exact) mass is 383 g/mol. The lowest BCUT2D eigenvalue weighted by Gasteiger charge is -2.39. The maximum atomic E-state index is 13.2. The number of ether oxygens (including phenoxy) is 2. The molecule has 0 bridgehead atoms. The van der Waals surface area contributed by atoms with E-state index in [9.17, 15) is 9.59 Å². The Morgan fingerprint density at radius 2 is 1.96 bits per heavy atom. The van der Waals surface area contributed by atoms with Gasteiger partial charge in [-0.2, -0.15) is 0 Å². The summed E-state index contributed by atoms with van der Waals surface area (Å²) < 4.78 is 10.7. The molecule has 0 aromatic heterocycles. The van der Waals surface area contributed by atoms with Crippen LogP contribution in [0.25, 0.3) is 0 Å². The van der Waals surface area contributed by atoms with Crippen molar-refractivity contribution in [1.82, 2.24) is 5.32 Å². The fourth-order valence-corrected chi connectivity index (χ4v) is 4.33. The fraction of sp³-hybridized carbons (Fsp3) is 0.478. The molecule has 0 radical (unpaired) electrons. The Bertz CT molecular complexity index is 892. The molecule has 1 unspecified atom stereocenters. The van der Waals surface area contributed by atoms with Crippen LogP contribution < -0.4 is 10.1 Å². The lowest BCUT2D eigenvalue weighted by Crippen LogP contribution is -2.38. The van der Waals surface area contributed by atoms with Gasteiger partial charge in [-0.15, -0.1) is 0 Å². The molecule has 1 aliphatic carbocycles. The number of ketones is 1. The van der Waals surface area contributed by atoms with Crippen molar-refractivity contribution in [2.24, 2.45) is 5.41 Å². The second kappa shape index (κ2) is 7.46. The van der Waals surface area contributed by atoms with E-state index < -0.39 is 5.92 Å². The van der Waals surface area contributed by atoms with Crippen LogP contribution >= 0.6 is 0 Å². The van der Waals surface area contributed by atoms with Crippen molar-refractivity contribution in [1.29, 1.82) is 0 Å². The van der Waals surface area contributed by atoms with Crippen LogP contribution in [0.15, 0.2) is 40.7 Å². The smallest absolute Gasteiger partial charge is 0.336 e. The van der Waals surface area contributed by atoms with Crippen LogP contribution in [0.4, 0.5) is 0 Å². The summed E-state index contributed by atoms with van der Waals surface area (Å²) in [5.41, 5.74) is 4.64. The van der Waals surface area contributed by atoms with Gasteiger partial charge < -0.3 is 14.8 Å². The van der Waals surface area contributed by atoms with Gasteiger partial charge in [0.05, 0.1) is 19.3 Å². The number of rotatable bonds is 4. The van der Waals surface area contributed by atoms with Crippen LogP contribution in [0.5, 0.6) is 5.75 Å². The predicted octanol–water partition coefficient (Wildman–Crippen LogP) is 4.17. The number of hydrogen-bond donors (Lipinski definition) is 1. The molecule has 5 heteroatoms. The molecular formula is C23H29NO4. The van der Waals surface area contributed by atoms with Gasteiger partial charge in [-0.3, -0.25) is 4.79 Å². The van der Waals surface area contributed by atoms with Gasteiger partial charge in [-0.05, 0) is 49.8 Å². The normalized spacial score (nSPS) is 21.2. The number of nitrogens with one attached hydrogen (secondary N) is 1. The maximum absolute atomic E-state index is 13.2. The highest BCUT2D eigenvalue weighted by molar-refractivity contribution is 6.04. The van der Waals surface area contributed by atoms with Gasteiger partial charge in [0.2, 0.25) is 0 Å². The quantitative estimate of drug-likeness (QED) is 0.791. The molecule has 150 valence electrons. The maximum Gasteiger partial charge on any atom is 0.336 e. The molecule has 1 N–H and O–H groups in total. The molecule has 0 spiro atoms. The van der Waals surface area contributed by atoms with Gasteiger partial charge >= 0.3 is 5.97 Å². The second-order valence-corrected chi connectivity index (χ2v) is 8.38. The lowest BCUT2D eigenvalue weighted by molar-refractivity contribution is -0.138. The summed E-state index contributed by atoms with van der Waals surface area (Å²) in [4.78, 5) is 26.0. The Kier molecular flexibility index (Phi) is 5.37. The molecular weight excluding hydrogens is 354 g/mol. The third-order valence-corrected chi connectivity index (χ3v) is 5.49. The van der Waals surface area contributed by atoms with Crippen molar-refractivity contribution in [2.45, 2.75) is 53.4 Å². The second-order valence-electron chi connectivity index (χ2n) is 8.38. The number of esters is 1. The van der Waals surface area contributed by atoms with Crippen molar-refractivity contribution >= 4 is 11.8 Å². The molecule has 1 heterocycles. The zero-order chi connectivity index (χ0) is 20.6. The first kappa shape index (κ1) is 20.2. The van der Waals surface area contributed by atoms with Gasteiger partial charge in [0.25, 0.3) is 0 Å². The average molecular weight is 383 g/mol. The summed E-state index contributed by atoms with van der Waals surface area (Å²) >= 11 is 0. The summed E-state index contributed by atoms with van der Waals surface area (Å²) in [5.74, 6) is 0.0616. The molecule has 1 atom stereocenters. The molecule has 0 saturated carbocycles. The SMILES string of the molecule is CCOC(=O)C1=C(C)NC2=C(C(=O)CC(C)(C)C2)C1c1ccc(OC)c(C)c1. The summed E-state index contributed by atoms with van der Waals surface area (Å²) in [6.45, 7) is 10.1. The number of allylic oxidation sites excluding steroid dienone is 3. The van der Waals surface area contributed by atoms with E-state index in [1.54, 1.807) is 14.0 Å². The summed E-state index contributed by atoms with van der Waals surface area (Å²) in [6.07, 6.45) is 1.24. The van der Waals surface area contributed by atoms with Crippen LogP contribution in [0, 0.1) is 12.3 Å². The van der Waals surface area contributed by atoms with Gasteiger partial charge in [0.1, 0.15) is 5.75 Å². The molecule has 1 aromatic rings. The highest BCUT2D eigenvalue weighted by Crippen LogP contribution is 2.47. The Morgan fingerprint density at radius 3 is 2.57 bits per heavy atom. The standard InChI is InChI=1S/C23H29NO4/c1-7-28-22(26)19-14(3)24-16-11-23(4,5)12-17(25)21(16)20(19)15-8-9-18(27-6)13(2)10-15/h8-10,20,24H,7,11-12H2,1-6H3. The van der Waals surface area contributed by atoms with E-state index in [-0.39, 0.29) is 23.8 Å². The third-order valence-electron chi connectivity index (χ3n) is 5.49. The molecule has 28 heavy (non-hydrogen) atoms. The number of benzene rings is 1. The van der Waals surface area contributed by atoms with Crippen LogP contribution in [-0.4, -0.2) is 25.5 Å². The summed E-state index contributed by atoms with van der Waals surface area (Å²) in [5, 5.41) is 3.34. The molecule has 0 amide bonds. The zero-order valence-electron chi connectivity index (χ0n) is 17.6. The Hall–Kier alpha value is -2.56. The van der Waals surface area contributed by atoms with Crippen molar-refractivity contribution in [3.05, 3.63) is 51.9 Å². The first-order valence-electron chi connectivity index (χ1n) is 9.74. The molecule has 5 nitrogen and oxygen atoms in total. The lowest BCUT2D eigenvalue weighted by atomic mass is 9.68. The van der Waals surface area contributed by atoms with Gasteiger partial charge in [-0.25, -0.2) is 4.79 Å². The molecule has 0 fully saturated rings. The van der Waals surface area contributed by atoms with Crippen molar-refractivity contribution in [2.75, 3.05) is 13.7 Å². The van der Waals surface area contributed by atoms with Crippen LogP contribution in [0.3, 0.4) is 0 Å². The molecule has 3 rings (SSSR count). The molecule has 0 saturated heterocycles. The van der Waals surface area contributed by atoms with Crippen LogP contribution in [0.1, 0.15) is 57.6 Å². The number of dihydropyridines is 1. The van der Waals surface area contributed by atoms with Gasteiger partial charge in [0, 0.05) is 29.3 Å². The Balaban J connectivity index is 2.19. The topological polar surface area (TPSA) is 64.6 Å². The van der Waals surface area contributed by atoms with Crippen molar-refractivity contribution in [3.8, 4) is 5.75 Å². The van der Waals surface area contributed by atoms with E-state index in [4.69, 9.17) is 9.47 Å². The fourth-order valence-electron chi connectivity index (χ4n) is 4.33. The largest absolute Gasteiger partial charge is 0.496 e. The number of hydrogen-bond acceptors (Lipinski definition) is 5. The first-order valence-corrected chi connectivity index (χ1v) is 9.74. The number of Topliss-reactive ketones (excluding diaryl/α,β-unsaturated/α-hetero) is 1. The number of aryl methyl sites for hydroxylation is 1. The highest BCUT2D eigenvalue weighted by atomic mass is 16.5. The van der Waals surface area contributed by atoms with E-state index in [1.165, 1.54) is 0 Å². The first-order chi connectivity index (χ1) is 13.2. The van der Waals surface area contributed by atoms with Gasteiger partial charge in [0.15, 0.2) is 5.78 Å². The highest BCUT2D eigenvalue weighted by Gasteiger charge is 2.43. The predicted molar refractivity (Wildman–Crippen MR) is 108 cm³/mol.